The summed E-state index contributed by atoms with van der Waals surface area (Å²) in [6.45, 7) is 1.86. The molecule has 0 saturated heterocycles. The van der Waals surface area contributed by atoms with Crippen molar-refractivity contribution in [3.63, 3.8) is 0 Å². The molecule has 0 N–H and O–H groups in total. The minimum Gasteiger partial charge on any atom is -0.479 e. The molecule has 1 aromatic carbocycles. The normalized spacial score (nSPS) is 12.6. The topological polar surface area (TPSA) is 52.8 Å². The lowest BCUT2D eigenvalue weighted by Gasteiger charge is -2.09. The maximum absolute atomic E-state index is 6.26. The van der Waals surface area contributed by atoms with Crippen molar-refractivity contribution in [3.8, 4) is 11.6 Å². The van der Waals surface area contributed by atoms with Gasteiger partial charge in [0.15, 0.2) is 11.2 Å². The number of rotatable bonds is 3. The fourth-order valence-corrected chi connectivity index (χ4v) is 2.42. The van der Waals surface area contributed by atoms with E-state index in [4.69, 9.17) is 27.9 Å². The largest absolute Gasteiger partial charge is 0.479 e. The Morgan fingerprint density at radius 3 is 2.52 bits per heavy atom. The molecular formula is C14H12Cl2N4O. The highest BCUT2D eigenvalue weighted by Gasteiger charge is 2.20. The molecule has 3 rings (SSSR count). The monoisotopic (exact) mass is 322 g/mol. The number of hydrogen-bond donors (Lipinski definition) is 0. The van der Waals surface area contributed by atoms with Crippen molar-refractivity contribution in [1.29, 1.82) is 0 Å². The van der Waals surface area contributed by atoms with Crippen LogP contribution in [0.4, 0.5) is 0 Å². The number of alkyl halides is 1. The molecule has 2 aromatic heterocycles. The summed E-state index contributed by atoms with van der Waals surface area (Å²) in [6.07, 6.45) is 1.44. The van der Waals surface area contributed by atoms with Crippen LogP contribution < -0.4 is 4.74 Å². The summed E-state index contributed by atoms with van der Waals surface area (Å²) >= 11 is 12.2. The van der Waals surface area contributed by atoms with Gasteiger partial charge in [0.2, 0.25) is 5.88 Å². The van der Waals surface area contributed by atoms with Gasteiger partial charge in [0.1, 0.15) is 12.2 Å². The zero-order valence-corrected chi connectivity index (χ0v) is 12.9. The Bertz CT molecular complexity index is 784. The molecule has 0 radical (unpaired) electrons. The Hall–Kier alpha value is -1.85. The van der Waals surface area contributed by atoms with Gasteiger partial charge in [-0.25, -0.2) is 9.97 Å². The first kappa shape index (κ1) is 14.1. The van der Waals surface area contributed by atoms with Gasteiger partial charge < -0.3 is 4.74 Å². The molecule has 21 heavy (non-hydrogen) atoms. The molecule has 1 atom stereocenters. The van der Waals surface area contributed by atoms with E-state index in [9.17, 15) is 0 Å². The minimum absolute atomic E-state index is 0.292. The number of imidazole rings is 1. The molecule has 7 heteroatoms. The van der Waals surface area contributed by atoms with E-state index in [0.717, 1.165) is 5.69 Å². The lowest BCUT2D eigenvalue weighted by Crippen LogP contribution is -2.02. The Morgan fingerprint density at radius 1 is 1.19 bits per heavy atom. The Morgan fingerprint density at radius 2 is 1.90 bits per heavy atom. The van der Waals surface area contributed by atoms with E-state index in [1.165, 1.54) is 6.33 Å². The van der Waals surface area contributed by atoms with Crippen molar-refractivity contribution >= 4 is 34.4 Å². The number of hydrogen-bond acceptors (Lipinski definition) is 4. The maximum Gasteiger partial charge on any atom is 0.245 e. The summed E-state index contributed by atoms with van der Waals surface area (Å²) in [4.78, 5) is 12.9. The van der Waals surface area contributed by atoms with Crippen LogP contribution in [0.25, 0.3) is 16.9 Å². The number of fused-ring (bicyclic) bond motifs is 1. The van der Waals surface area contributed by atoms with E-state index in [1.54, 1.807) is 7.11 Å². The van der Waals surface area contributed by atoms with Crippen molar-refractivity contribution in [3.05, 3.63) is 41.4 Å². The fourth-order valence-electron chi connectivity index (χ4n) is 2.15. The van der Waals surface area contributed by atoms with E-state index >= 15 is 0 Å². The highest BCUT2D eigenvalue weighted by Crippen LogP contribution is 2.30. The van der Waals surface area contributed by atoms with Crippen LogP contribution in [-0.4, -0.2) is 26.6 Å². The van der Waals surface area contributed by atoms with E-state index in [0.29, 0.717) is 27.9 Å². The summed E-state index contributed by atoms with van der Waals surface area (Å²) in [5.74, 6) is 1.10. The lowest BCUT2D eigenvalue weighted by molar-refractivity contribution is 0.401. The first-order chi connectivity index (χ1) is 10.1. The third-order valence-corrected chi connectivity index (χ3v) is 3.52. The minimum atomic E-state index is -0.292. The summed E-state index contributed by atoms with van der Waals surface area (Å²) in [5.41, 5.74) is 2.11. The molecule has 0 amide bonds. The fraction of sp³-hybridized carbons (Fsp3) is 0.214. The van der Waals surface area contributed by atoms with E-state index in [2.05, 4.69) is 15.0 Å². The third kappa shape index (κ3) is 2.43. The Balaban J connectivity index is 2.33. The first-order valence-corrected chi connectivity index (χ1v) is 7.10. The molecule has 0 bridgehead atoms. The van der Waals surface area contributed by atoms with Crippen LogP contribution in [0.15, 0.2) is 30.6 Å². The SMILES string of the molecule is COc1ncnc2c1nc(C(C)Cl)n2-c1ccc(Cl)cc1. The number of benzene rings is 1. The predicted molar refractivity (Wildman–Crippen MR) is 82.5 cm³/mol. The predicted octanol–water partition coefficient (Wildman–Crippen LogP) is 3.78. The molecule has 0 aliphatic rings. The number of nitrogens with zero attached hydrogens (tertiary/aromatic N) is 4. The van der Waals surface area contributed by atoms with Crippen LogP contribution >= 0.6 is 23.2 Å². The molecule has 0 fully saturated rings. The van der Waals surface area contributed by atoms with Crippen LogP contribution in [0.1, 0.15) is 18.1 Å². The second-order valence-electron chi connectivity index (χ2n) is 4.45. The zero-order valence-electron chi connectivity index (χ0n) is 11.4. The van der Waals surface area contributed by atoms with Crippen molar-refractivity contribution in [2.45, 2.75) is 12.3 Å². The van der Waals surface area contributed by atoms with Gasteiger partial charge in [-0.3, -0.25) is 4.57 Å². The van der Waals surface area contributed by atoms with Gasteiger partial charge in [-0.2, -0.15) is 4.98 Å². The molecule has 1 unspecified atom stereocenters. The average Bonchev–Trinajstić information content (AvgIpc) is 2.87. The van der Waals surface area contributed by atoms with Gasteiger partial charge in [-0.05, 0) is 31.2 Å². The highest BCUT2D eigenvalue weighted by molar-refractivity contribution is 6.30. The molecule has 0 aliphatic heterocycles. The maximum atomic E-state index is 6.26. The first-order valence-electron chi connectivity index (χ1n) is 6.29. The van der Waals surface area contributed by atoms with E-state index in [1.807, 2.05) is 35.8 Å². The number of aromatic nitrogens is 4. The molecule has 5 nitrogen and oxygen atoms in total. The molecular weight excluding hydrogens is 311 g/mol. The molecule has 3 aromatic rings. The zero-order chi connectivity index (χ0) is 15.0. The second kappa shape index (κ2) is 5.50. The van der Waals surface area contributed by atoms with E-state index < -0.39 is 0 Å². The van der Waals surface area contributed by atoms with Crippen molar-refractivity contribution in [2.24, 2.45) is 0 Å². The summed E-state index contributed by atoms with van der Waals surface area (Å²) in [7, 11) is 1.55. The summed E-state index contributed by atoms with van der Waals surface area (Å²) < 4.78 is 7.12. The molecule has 108 valence electrons. The van der Waals surface area contributed by atoms with Crippen LogP contribution in [0.3, 0.4) is 0 Å². The van der Waals surface area contributed by atoms with Crippen molar-refractivity contribution < 1.29 is 4.74 Å². The smallest absolute Gasteiger partial charge is 0.245 e. The van der Waals surface area contributed by atoms with Crippen LogP contribution in [0.5, 0.6) is 5.88 Å². The van der Waals surface area contributed by atoms with Gasteiger partial charge in [0.05, 0.1) is 12.5 Å². The molecule has 0 saturated carbocycles. The number of methoxy groups -OCH3 is 1. The van der Waals surface area contributed by atoms with Crippen molar-refractivity contribution in [2.75, 3.05) is 7.11 Å². The van der Waals surface area contributed by atoms with Gasteiger partial charge in [0.25, 0.3) is 0 Å². The van der Waals surface area contributed by atoms with Crippen molar-refractivity contribution in [1.82, 2.24) is 19.5 Å². The molecule has 0 spiro atoms. The number of halogens is 2. The summed E-state index contributed by atoms with van der Waals surface area (Å²) in [5, 5.41) is 0.371. The standard InChI is InChI=1S/C14H12Cl2N4O/c1-8(15)12-19-11-13(17-7-18-14(11)21-2)20(12)10-5-3-9(16)4-6-10/h3-8H,1-2H3. The van der Waals surface area contributed by atoms with Gasteiger partial charge in [-0.15, -0.1) is 11.6 Å². The Kier molecular flexibility index (Phi) is 3.69. The van der Waals surface area contributed by atoms with Crippen LogP contribution in [0.2, 0.25) is 5.02 Å². The highest BCUT2D eigenvalue weighted by atomic mass is 35.5. The van der Waals surface area contributed by atoms with Gasteiger partial charge in [0, 0.05) is 10.7 Å². The van der Waals surface area contributed by atoms with E-state index in [-0.39, 0.29) is 5.38 Å². The molecule has 2 heterocycles. The van der Waals surface area contributed by atoms with Gasteiger partial charge >= 0.3 is 0 Å². The quantitative estimate of drug-likeness (QED) is 0.688. The van der Waals surface area contributed by atoms with Crippen LogP contribution in [0, 0.1) is 0 Å². The summed E-state index contributed by atoms with van der Waals surface area (Å²) in [6, 6.07) is 7.40. The Labute approximate surface area is 131 Å². The lowest BCUT2D eigenvalue weighted by atomic mass is 10.3. The average molecular weight is 323 g/mol. The van der Waals surface area contributed by atoms with Crippen LogP contribution in [-0.2, 0) is 0 Å². The number of ether oxygens (including phenoxy) is 1. The second-order valence-corrected chi connectivity index (χ2v) is 5.54. The van der Waals surface area contributed by atoms with Gasteiger partial charge in [-0.1, -0.05) is 11.6 Å². The third-order valence-electron chi connectivity index (χ3n) is 3.07. The molecule has 0 aliphatic carbocycles.